The van der Waals surface area contributed by atoms with Crippen LogP contribution in [0.5, 0.6) is 0 Å². The Morgan fingerprint density at radius 2 is 0.549 bits per heavy atom. The molecule has 0 atom stereocenters. The normalized spacial score (nSPS) is 11.9. The molecule has 0 saturated carbocycles. The monoisotopic (exact) mass is 1050 g/mol. The number of aromatic nitrogens is 7. The lowest BCUT2D eigenvalue weighted by molar-refractivity contribution is 1.06. The van der Waals surface area contributed by atoms with Gasteiger partial charge < -0.3 is 18.3 Å². The second-order valence-corrected chi connectivity index (χ2v) is 21.2. The minimum atomic E-state index is 0.593. The van der Waals surface area contributed by atoms with Crippen LogP contribution in [0.3, 0.4) is 0 Å². The number of rotatable bonds is 8. The fourth-order valence-electron chi connectivity index (χ4n) is 12.9. The summed E-state index contributed by atoms with van der Waals surface area (Å²) in [6.07, 6.45) is 0. The highest BCUT2D eigenvalue weighted by molar-refractivity contribution is 6.15. The molecule has 0 aliphatic heterocycles. The van der Waals surface area contributed by atoms with Crippen molar-refractivity contribution in [3.63, 3.8) is 0 Å². The van der Waals surface area contributed by atoms with E-state index in [1.165, 1.54) is 48.9 Å². The molecule has 17 rings (SSSR count). The molecular weight excluding hydrogens is 999 g/mol. The van der Waals surface area contributed by atoms with Gasteiger partial charge in [-0.05, 0) is 108 Å². The topological polar surface area (TPSA) is 58.4 Å². The van der Waals surface area contributed by atoms with Gasteiger partial charge in [0, 0.05) is 71.2 Å². The van der Waals surface area contributed by atoms with E-state index in [1.54, 1.807) is 0 Å². The molecule has 0 N–H and O–H groups in total. The zero-order chi connectivity index (χ0) is 53.8. The summed E-state index contributed by atoms with van der Waals surface area (Å²) in [6.45, 7) is 0. The van der Waals surface area contributed by atoms with Crippen molar-refractivity contribution >= 4 is 87.2 Å². The van der Waals surface area contributed by atoms with Gasteiger partial charge in [0.25, 0.3) is 0 Å². The van der Waals surface area contributed by atoms with E-state index in [0.717, 1.165) is 88.9 Å². The Bertz CT molecular complexity index is 5280. The molecule has 17 aromatic rings. The van der Waals surface area contributed by atoms with Gasteiger partial charge in [0.1, 0.15) is 0 Å². The Balaban J connectivity index is 0.883. The van der Waals surface area contributed by atoms with Gasteiger partial charge in [-0.15, -0.1) is 0 Å². The molecule has 0 spiro atoms. The molecule has 12 aromatic carbocycles. The van der Waals surface area contributed by atoms with Crippen LogP contribution in [0.2, 0.25) is 0 Å². The van der Waals surface area contributed by atoms with Gasteiger partial charge in [0.05, 0.1) is 55.5 Å². The summed E-state index contributed by atoms with van der Waals surface area (Å²) >= 11 is 0. The molecule has 0 aliphatic carbocycles. The summed E-state index contributed by atoms with van der Waals surface area (Å²) < 4.78 is 9.71. The molecular formula is C75H47N7. The Hall–Kier alpha value is -11.2. The molecule has 0 fully saturated rings. The number of hydrogen-bond donors (Lipinski definition) is 0. The third kappa shape index (κ3) is 7.06. The van der Waals surface area contributed by atoms with Crippen LogP contribution in [0, 0.1) is 0 Å². The molecule has 5 aromatic heterocycles. The van der Waals surface area contributed by atoms with E-state index in [1.807, 2.05) is 36.4 Å². The number of benzene rings is 12. The zero-order valence-corrected chi connectivity index (χ0v) is 44.3. The van der Waals surface area contributed by atoms with Gasteiger partial charge in [-0.2, -0.15) is 0 Å². The van der Waals surface area contributed by atoms with Crippen LogP contribution < -0.4 is 0 Å². The Labute approximate surface area is 471 Å². The van der Waals surface area contributed by atoms with Gasteiger partial charge in [-0.1, -0.05) is 188 Å². The van der Waals surface area contributed by atoms with Crippen molar-refractivity contribution < 1.29 is 0 Å². The maximum atomic E-state index is 5.25. The third-order valence-corrected chi connectivity index (χ3v) is 16.6. The summed E-state index contributed by atoms with van der Waals surface area (Å²) in [5.74, 6) is 1.83. The standard InChI is InChI=1S/C75H47N7/c1-4-20-48(21-5-1)73-76-74(49-22-6-2-7-23-49)78-75(77-73)52-38-42-70(81-65-33-17-11-26-55(65)56-27-12-18-34-66(56)81)72(46-52)82-67-35-19-14-30-59(67)62-47-54(39-43-69(62)82)80-63-31-15-10-28-57(63)60-40-36-51(45-71(60)80)50-37-41-68-61(44-50)58-29-13-16-32-64(58)79(68)53-24-8-3-9-25-53/h1-47H. The summed E-state index contributed by atoms with van der Waals surface area (Å²) in [4.78, 5) is 15.6. The molecule has 82 heavy (non-hydrogen) atoms. The predicted molar refractivity (Wildman–Crippen MR) is 339 cm³/mol. The lowest BCUT2D eigenvalue weighted by atomic mass is 10.0. The second kappa shape index (κ2) is 18.2. The number of fused-ring (bicyclic) bond motifs is 12. The zero-order valence-electron chi connectivity index (χ0n) is 44.3. The van der Waals surface area contributed by atoms with E-state index in [0.29, 0.717) is 17.5 Å². The summed E-state index contributed by atoms with van der Waals surface area (Å²) in [7, 11) is 0. The highest BCUT2D eigenvalue weighted by Gasteiger charge is 2.23. The van der Waals surface area contributed by atoms with Gasteiger partial charge in [-0.25, -0.2) is 15.0 Å². The summed E-state index contributed by atoms with van der Waals surface area (Å²) in [6, 6.07) is 103. The summed E-state index contributed by atoms with van der Waals surface area (Å²) in [5, 5.41) is 9.58. The van der Waals surface area contributed by atoms with Crippen molar-refractivity contribution in [2.45, 2.75) is 0 Å². The van der Waals surface area contributed by atoms with E-state index in [2.05, 4.69) is 267 Å². The largest absolute Gasteiger partial charge is 0.309 e. The van der Waals surface area contributed by atoms with Crippen LogP contribution in [-0.4, -0.2) is 33.2 Å². The molecule has 0 amide bonds. The first kappa shape index (κ1) is 45.8. The van der Waals surface area contributed by atoms with Gasteiger partial charge in [0.2, 0.25) is 0 Å². The van der Waals surface area contributed by atoms with E-state index < -0.39 is 0 Å². The van der Waals surface area contributed by atoms with Gasteiger partial charge in [-0.3, -0.25) is 0 Å². The van der Waals surface area contributed by atoms with Crippen molar-refractivity contribution in [3.05, 3.63) is 285 Å². The number of para-hydroxylation sites is 6. The average Bonchev–Trinajstić information content (AvgIpc) is 4.30. The molecule has 7 nitrogen and oxygen atoms in total. The fraction of sp³-hybridized carbons (Fsp3) is 0. The van der Waals surface area contributed by atoms with Crippen molar-refractivity contribution in [2.24, 2.45) is 0 Å². The lowest BCUT2D eigenvalue weighted by Gasteiger charge is -2.18. The first-order valence-corrected chi connectivity index (χ1v) is 27.8. The van der Waals surface area contributed by atoms with Crippen molar-refractivity contribution in [1.29, 1.82) is 0 Å². The Morgan fingerprint density at radius 1 is 0.183 bits per heavy atom. The Morgan fingerprint density at radius 3 is 1.11 bits per heavy atom. The maximum absolute atomic E-state index is 5.25. The van der Waals surface area contributed by atoms with Crippen LogP contribution in [0.15, 0.2) is 285 Å². The average molecular weight is 1050 g/mol. The number of hydrogen-bond acceptors (Lipinski definition) is 3. The minimum absolute atomic E-state index is 0.593. The van der Waals surface area contributed by atoms with E-state index in [4.69, 9.17) is 15.0 Å². The Kier molecular flexibility index (Phi) is 10.2. The summed E-state index contributed by atoms with van der Waals surface area (Å²) in [5.41, 5.74) is 18.4. The molecule has 382 valence electrons. The predicted octanol–water partition coefficient (Wildman–Crippen LogP) is 18.9. The van der Waals surface area contributed by atoms with Crippen LogP contribution in [0.25, 0.3) is 155 Å². The SMILES string of the molecule is c1ccc(-c2nc(-c3ccccc3)nc(-c3ccc(-n4c5ccccc5c5ccccc54)c(-n4c5ccccc5c5cc(-n6c7ccccc7c7ccc(-c8ccc9c(c8)c8ccccc8n9-c8ccccc8)cc76)ccc54)c3)n2)cc1. The third-order valence-electron chi connectivity index (χ3n) is 16.6. The molecule has 0 unspecified atom stereocenters. The van der Waals surface area contributed by atoms with Crippen molar-refractivity contribution in [1.82, 2.24) is 33.2 Å². The van der Waals surface area contributed by atoms with Crippen molar-refractivity contribution in [2.75, 3.05) is 0 Å². The quantitative estimate of drug-likeness (QED) is 0.152. The lowest BCUT2D eigenvalue weighted by Crippen LogP contribution is -2.05. The molecule has 0 radical (unpaired) electrons. The molecule has 0 saturated heterocycles. The minimum Gasteiger partial charge on any atom is -0.309 e. The first-order chi connectivity index (χ1) is 40.7. The first-order valence-electron chi connectivity index (χ1n) is 27.8. The van der Waals surface area contributed by atoms with Gasteiger partial charge in [0.15, 0.2) is 17.5 Å². The van der Waals surface area contributed by atoms with E-state index in [9.17, 15) is 0 Å². The molecule has 0 bridgehead atoms. The van der Waals surface area contributed by atoms with E-state index in [-0.39, 0.29) is 0 Å². The van der Waals surface area contributed by atoms with E-state index >= 15 is 0 Å². The fourth-order valence-corrected chi connectivity index (χ4v) is 12.9. The van der Waals surface area contributed by atoms with Gasteiger partial charge >= 0.3 is 0 Å². The highest BCUT2D eigenvalue weighted by atomic mass is 15.1. The maximum Gasteiger partial charge on any atom is 0.164 e. The second-order valence-electron chi connectivity index (χ2n) is 21.2. The smallest absolute Gasteiger partial charge is 0.164 e. The van der Waals surface area contributed by atoms with Crippen LogP contribution in [0.4, 0.5) is 0 Å². The van der Waals surface area contributed by atoms with Crippen LogP contribution >= 0.6 is 0 Å². The highest BCUT2D eigenvalue weighted by Crippen LogP contribution is 2.43. The van der Waals surface area contributed by atoms with Crippen LogP contribution in [0.1, 0.15) is 0 Å². The van der Waals surface area contributed by atoms with Crippen LogP contribution in [-0.2, 0) is 0 Å². The van der Waals surface area contributed by atoms with Crippen molar-refractivity contribution in [3.8, 4) is 68.0 Å². The molecule has 5 heterocycles. The number of nitrogens with zero attached hydrogens (tertiary/aromatic N) is 7. The molecule has 0 aliphatic rings. The molecule has 7 heteroatoms.